The van der Waals surface area contributed by atoms with E-state index in [9.17, 15) is 4.79 Å². The molecule has 0 aliphatic rings. The first kappa shape index (κ1) is 15.3. The Morgan fingerprint density at radius 3 is 2.48 bits per heavy atom. The largest absolute Gasteiger partial charge is 0.294 e. The molecule has 4 heteroatoms. The molecule has 2 heterocycles. The number of aromatic nitrogens is 3. The number of fused-ring (bicyclic) bond motifs is 1. The number of para-hydroxylation sites is 1. The quantitative estimate of drug-likeness (QED) is 0.529. The highest BCUT2D eigenvalue weighted by Crippen LogP contribution is 2.24. The van der Waals surface area contributed by atoms with Crippen LogP contribution in [0.15, 0.2) is 73.1 Å². The molecule has 4 rings (SSSR count). The highest BCUT2D eigenvalue weighted by atomic mass is 16.1. The Bertz CT molecular complexity index is 1050. The molecule has 25 heavy (non-hydrogen) atoms. The van der Waals surface area contributed by atoms with Gasteiger partial charge in [-0.2, -0.15) is 0 Å². The smallest absolute Gasteiger partial charge is 0.234 e. The molecule has 0 aliphatic carbocycles. The van der Waals surface area contributed by atoms with Gasteiger partial charge in [0.25, 0.3) is 0 Å². The van der Waals surface area contributed by atoms with Gasteiger partial charge in [0.05, 0.1) is 11.9 Å². The van der Waals surface area contributed by atoms with Gasteiger partial charge in [0.15, 0.2) is 5.78 Å². The maximum atomic E-state index is 12.8. The summed E-state index contributed by atoms with van der Waals surface area (Å²) in [5.74, 6) is 0.675. The normalized spacial score (nSPS) is 10.9. The number of carbonyl (C=O) groups excluding carboxylic acids is 1. The molecule has 4 aromatic rings. The minimum Gasteiger partial charge on any atom is -0.294 e. The predicted molar refractivity (Wildman–Crippen MR) is 98.1 cm³/mol. The minimum atomic E-state index is 0.0955. The summed E-state index contributed by atoms with van der Waals surface area (Å²) in [5, 5.41) is 1.07. The van der Waals surface area contributed by atoms with Crippen LogP contribution < -0.4 is 0 Å². The van der Waals surface area contributed by atoms with Crippen molar-refractivity contribution in [2.75, 3.05) is 0 Å². The van der Waals surface area contributed by atoms with E-state index in [1.165, 1.54) is 0 Å². The number of benzene rings is 2. The van der Waals surface area contributed by atoms with Gasteiger partial charge in [-0.05, 0) is 30.7 Å². The van der Waals surface area contributed by atoms with Crippen molar-refractivity contribution in [1.82, 2.24) is 14.5 Å². The summed E-state index contributed by atoms with van der Waals surface area (Å²) in [6.45, 7) is 1.96. The van der Waals surface area contributed by atoms with E-state index in [0.717, 1.165) is 27.7 Å². The molecular weight excluding hydrogens is 310 g/mol. The highest BCUT2D eigenvalue weighted by molar-refractivity contribution is 5.99. The van der Waals surface area contributed by atoms with Crippen molar-refractivity contribution >= 4 is 16.7 Å². The van der Waals surface area contributed by atoms with E-state index >= 15 is 0 Å². The van der Waals surface area contributed by atoms with Crippen molar-refractivity contribution in [2.24, 2.45) is 0 Å². The van der Waals surface area contributed by atoms with Crippen LogP contribution in [0.5, 0.6) is 0 Å². The molecule has 0 aliphatic heterocycles. The van der Waals surface area contributed by atoms with Crippen LogP contribution in [-0.2, 0) is 6.42 Å². The highest BCUT2D eigenvalue weighted by Gasteiger charge is 2.17. The number of aryl methyl sites for hydroxylation is 1. The second-order valence-electron chi connectivity index (χ2n) is 5.99. The van der Waals surface area contributed by atoms with Crippen LogP contribution in [0, 0.1) is 6.92 Å². The summed E-state index contributed by atoms with van der Waals surface area (Å²) in [5.41, 5.74) is 3.64. The number of nitrogens with zero attached hydrogens (tertiary/aromatic N) is 3. The van der Waals surface area contributed by atoms with Gasteiger partial charge in [0.2, 0.25) is 5.95 Å². The number of hydrogen-bond acceptors (Lipinski definition) is 3. The molecule has 0 spiro atoms. The summed E-state index contributed by atoms with van der Waals surface area (Å²) < 4.78 is 1.96. The second-order valence-corrected chi connectivity index (χ2v) is 5.99. The molecule has 0 unspecified atom stereocenters. The molecule has 2 aromatic heterocycles. The number of carbonyl (C=O) groups is 1. The maximum Gasteiger partial charge on any atom is 0.234 e. The van der Waals surface area contributed by atoms with Crippen LogP contribution in [0.3, 0.4) is 0 Å². The van der Waals surface area contributed by atoms with Gasteiger partial charge in [-0.15, -0.1) is 0 Å². The van der Waals surface area contributed by atoms with Crippen LogP contribution in [0.2, 0.25) is 0 Å². The monoisotopic (exact) mass is 327 g/mol. The zero-order chi connectivity index (χ0) is 17.2. The first-order valence-corrected chi connectivity index (χ1v) is 8.19. The Kier molecular flexibility index (Phi) is 3.86. The Morgan fingerprint density at radius 1 is 0.960 bits per heavy atom. The zero-order valence-corrected chi connectivity index (χ0v) is 13.9. The lowest BCUT2D eigenvalue weighted by molar-refractivity contribution is 0.0991. The molecule has 0 N–H and O–H groups in total. The average Bonchev–Trinajstić information content (AvgIpc) is 3.00. The summed E-state index contributed by atoms with van der Waals surface area (Å²) >= 11 is 0. The fourth-order valence-electron chi connectivity index (χ4n) is 3.13. The number of hydrogen-bond donors (Lipinski definition) is 0. The van der Waals surface area contributed by atoms with Gasteiger partial charge in [-0.3, -0.25) is 9.36 Å². The van der Waals surface area contributed by atoms with Gasteiger partial charge in [-0.1, -0.05) is 42.5 Å². The predicted octanol–water partition coefficient (Wildman–Crippen LogP) is 4.15. The van der Waals surface area contributed by atoms with Crippen molar-refractivity contribution in [3.63, 3.8) is 0 Å². The topological polar surface area (TPSA) is 47.8 Å². The van der Waals surface area contributed by atoms with Crippen molar-refractivity contribution in [3.8, 4) is 5.95 Å². The third-order valence-electron chi connectivity index (χ3n) is 4.33. The molecular formula is C21H17N3O. The lowest BCUT2D eigenvalue weighted by atomic mass is 10.0. The first-order chi connectivity index (χ1) is 12.2. The SMILES string of the molecule is Cc1ccccc1C(=O)Cc1cc2ccccc2n1-c1ncccn1. The molecule has 122 valence electrons. The van der Waals surface area contributed by atoms with E-state index in [2.05, 4.69) is 9.97 Å². The molecule has 0 bridgehead atoms. The summed E-state index contributed by atoms with van der Waals surface area (Å²) in [7, 11) is 0. The molecule has 0 radical (unpaired) electrons. The van der Waals surface area contributed by atoms with Gasteiger partial charge < -0.3 is 0 Å². The van der Waals surface area contributed by atoms with E-state index in [1.807, 2.05) is 66.1 Å². The Labute approximate surface area is 145 Å². The third kappa shape index (κ3) is 2.83. The van der Waals surface area contributed by atoms with E-state index < -0.39 is 0 Å². The Balaban J connectivity index is 1.82. The van der Waals surface area contributed by atoms with E-state index in [1.54, 1.807) is 18.5 Å². The molecule has 4 nitrogen and oxygen atoms in total. The van der Waals surface area contributed by atoms with Crippen molar-refractivity contribution in [1.29, 1.82) is 0 Å². The number of rotatable bonds is 4. The number of ketones is 1. The standard InChI is InChI=1S/C21H17N3O/c1-15-7-2-4-9-18(15)20(25)14-17-13-16-8-3-5-10-19(16)24(17)21-22-11-6-12-23-21/h2-13H,14H2,1H3. The number of Topliss-reactive ketones (excluding diaryl/α,β-unsaturated/α-hetero) is 1. The van der Waals surface area contributed by atoms with Gasteiger partial charge in [0.1, 0.15) is 0 Å². The van der Waals surface area contributed by atoms with E-state index in [4.69, 9.17) is 0 Å². The second kappa shape index (κ2) is 6.32. The molecule has 0 fully saturated rings. The first-order valence-electron chi connectivity index (χ1n) is 8.19. The van der Waals surface area contributed by atoms with Gasteiger partial charge in [-0.25, -0.2) is 9.97 Å². The van der Waals surface area contributed by atoms with Gasteiger partial charge in [0, 0.05) is 29.0 Å². The summed E-state index contributed by atoms with van der Waals surface area (Å²) in [6.07, 6.45) is 3.73. The summed E-state index contributed by atoms with van der Waals surface area (Å²) in [4.78, 5) is 21.6. The molecule has 0 saturated heterocycles. The van der Waals surface area contributed by atoms with Crippen LogP contribution >= 0.6 is 0 Å². The molecule has 0 saturated carbocycles. The van der Waals surface area contributed by atoms with Crippen LogP contribution in [0.25, 0.3) is 16.9 Å². The Morgan fingerprint density at radius 2 is 1.68 bits per heavy atom. The molecule has 0 atom stereocenters. The minimum absolute atomic E-state index is 0.0955. The van der Waals surface area contributed by atoms with Crippen molar-refractivity contribution < 1.29 is 4.79 Å². The van der Waals surface area contributed by atoms with E-state index in [-0.39, 0.29) is 5.78 Å². The fourth-order valence-corrected chi connectivity index (χ4v) is 3.13. The fraction of sp³-hybridized carbons (Fsp3) is 0.0952. The Hall–Kier alpha value is -3.27. The molecule has 0 amide bonds. The maximum absolute atomic E-state index is 12.8. The lowest BCUT2D eigenvalue weighted by Gasteiger charge is -2.09. The van der Waals surface area contributed by atoms with Crippen molar-refractivity contribution in [2.45, 2.75) is 13.3 Å². The molecule has 2 aromatic carbocycles. The summed E-state index contributed by atoms with van der Waals surface area (Å²) in [6, 6.07) is 19.5. The van der Waals surface area contributed by atoms with Crippen LogP contribution in [-0.4, -0.2) is 20.3 Å². The van der Waals surface area contributed by atoms with E-state index in [0.29, 0.717) is 12.4 Å². The van der Waals surface area contributed by atoms with Crippen LogP contribution in [0.1, 0.15) is 21.6 Å². The third-order valence-corrected chi connectivity index (χ3v) is 4.33. The van der Waals surface area contributed by atoms with Gasteiger partial charge >= 0.3 is 0 Å². The zero-order valence-electron chi connectivity index (χ0n) is 13.9. The van der Waals surface area contributed by atoms with Crippen molar-refractivity contribution in [3.05, 3.63) is 89.9 Å². The van der Waals surface area contributed by atoms with Crippen LogP contribution in [0.4, 0.5) is 0 Å². The average molecular weight is 327 g/mol. The lowest BCUT2D eigenvalue weighted by Crippen LogP contribution is -2.11.